The van der Waals surface area contributed by atoms with Crippen molar-refractivity contribution in [3.63, 3.8) is 0 Å². The number of pyridine rings is 1. The maximum absolute atomic E-state index is 12.2. The molecule has 9 nitrogen and oxygen atoms in total. The Hall–Kier alpha value is -5.18. The number of carbonyl (C=O) groups is 2. The monoisotopic (exact) mass is 471 g/mol. The van der Waals surface area contributed by atoms with Crippen molar-refractivity contribution in [2.75, 3.05) is 0 Å². The van der Waals surface area contributed by atoms with Gasteiger partial charge in [0, 0.05) is 29.1 Å². The zero-order valence-corrected chi connectivity index (χ0v) is 18.2. The van der Waals surface area contributed by atoms with Crippen molar-refractivity contribution < 1.29 is 30.0 Å². The number of aromatic carboxylic acids is 1. The van der Waals surface area contributed by atoms with E-state index in [9.17, 15) is 19.8 Å². The number of phenols is 3. The Morgan fingerprint density at radius 3 is 1.49 bits per heavy atom. The van der Waals surface area contributed by atoms with Gasteiger partial charge in [0.1, 0.15) is 28.5 Å². The molecule has 1 amide bonds. The number of rotatable bonds is 5. The van der Waals surface area contributed by atoms with Crippen molar-refractivity contribution >= 4 is 17.6 Å². The zero-order chi connectivity index (χ0) is 25.2. The summed E-state index contributed by atoms with van der Waals surface area (Å²) in [6, 6.07) is 22.1. The van der Waals surface area contributed by atoms with E-state index in [1.807, 2.05) is 0 Å². The van der Waals surface area contributed by atoms with Crippen LogP contribution in [-0.2, 0) is 0 Å². The van der Waals surface area contributed by atoms with Crippen LogP contribution in [0.5, 0.6) is 17.2 Å². The predicted molar refractivity (Wildman–Crippen MR) is 129 cm³/mol. The second-order valence-corrected chi connectivity index (χ2v) is 6.99. The van der Waals surface area contributed by atoms with Crippen LogP contribution in [0.1, 0.15) is 31.8 Å². The normalized spacial score (nSPS) is 9.83. The molecule has 4 rings (SSSR count). The number of hydrazone groups is 1. The van der Waals surface area contributed by atoms with E-state index < -0.39 is 11.9 Å². The fraction of sp³-hybridized carbons (Fsp3) is 0. The van der Waals surface area contributed by atoms with Gasteiger partial charge in [-0.2, -0.15) is 5.10 Å². The van der Waals surface area contributed by atoms with Crippen LogP contribution < -0.4 is 5.43 Å². The molecule has 9 heteroatoms. The number of aromatic hydroxyl groups is 3. The van der Waals surface area contributed by atoms with Crippen molar-refractivity contribution in [2.24, 2.45) is 5.10 Å². The van der Waals surface area contributed by atoms with Crippen LogP contribution in [0, 0.1) is 0 Å². The molecule has 0 atom stereocenters. The van der Waals surface area contributed by atoms with Gasteiger partial charge in [0.2, 0.25) is 0 Å². The molecule has 0 aliphatic heterocycles. The first kappa shape index (κ1) is 24.5. The third-order valence-electron chi connectivity index (χ3n) is 4.66. The Bertz CT molecular complexity index is 1310. The number of para-hydroxylation sites is 3. The van der Waals surface area contributed by atoms with E-state index in [0.29, 0.717) is 16.7 Å². The quantitative estimate of drug-likeness (QED) is 0.219. The van der Waals surface area contributed by atoms with Crippen LogP contribution in [0.15, 0.2) is 102 Å². The Morgan fingerprint density at radius 1 is 0.657 bits per heavy atom. The molecule has 0 fully saturated rings. The SMILES string of the molecule is O=C(NN=C(c1ccccc1O)c1ccccc1O)c1ccncc1.O=C(O)c1ccccc1O. The molecule has 3 aromatic carbocycles. The van der Waals surface area contributed by atoms with Crippen LogP contribution in [0.4, 0.5) is 0 Å². The molecule has 0 radical (unpaired) electrons. The first-order valence-electron chi connectivity index (χ1n) is 10.2. The number of carboxylic acid groups (broad SMARTS) is 1. The van der Waals surface area contributed by atoms with Gasteiger partial charge in [0.25, 0.3) is 5.91 Å². The molecule has 4 aromatic rings. The van der Waals surface area contributed by atoms with Crippen LogP contribution in [0.3, 0.4) is 0 Å². The van der Waals surface area contributed by atoms with Crippen molar-refractivity contribution in [2.45, 2.75) is 0 Å². The van der Waals surface area contributed by atoms with Crippen LogP contribution in [0.2, 0.25) is 0 Å². The third-order valence-corrected chi connectivity index (χ3v) is 4.66. The summed E-state index contributed by atoms with van der Waals surface area (Å²) in [5.74, 6) is -1.76. The smallest absolute Gasteiger partial charge is 0.339 e. The number of carboxylic acids is 1. The molecule has 0 saturated heterocycles. The molecule has 0 unspecified atom stereocenters. The number of nitrogens with one attached hydrogen (secondary N) is 1. The van der Waals surface area contributed by atoms with Crippen molar-refractivity contribution in [3.8, 4) is 17.2 Å². The average Bonchev–Trinajstić information content (AvgIpc) is 2.87. The van der Waals surface area contributed by atoms with Crippen LogP contribution in [-0.4, -0.2) is 43.0 Å². The van der Waals surface area contributed by atoms with E-state index >= 15 is 0 Å². The molecule has 1 aromatic heterocycles. The number of nitrogens with zero attached hydrogens (tertiary/aromatic N) is 2. The molecule has 176 valence electrons. The fourth-order valence-electron chi connectivity index (χ4n) is 2.94. The number of benzene rings is 3. The lowest BCUT2D eigenvalue weighted by atomic mass is 10.0. The number of aromatic nitrogens is 1. The minimum Gasteiger partial charge on any atom is -0.507 e. The van der Waals surface area contributed by atoms with Gasteiger partial charge < -0.3 is 20.4 Å². The Morgan fingerprint density at radius 2 is 1.09 bits per heavy atom. The van der Waals surface area contributed by atoms with E-state index in [0.717, 1.165) is 0 Å². The minimum atomic E-state index is -1.11. The van der Waals surface area contributed by atoms with E-state index in [1.165, 1.54) is 36.7 Å². The molecular formula is C26H21N3O6. The molecule has 0 bridgehead atoms. The van der Waals surface area contributed by atoms with Gasteiger partial charge in [-0.15, -0.1) is 0 Å². The number of carbonyl (C=O) groups excluding carboxylic acids is 1. The third kappa shape index (κ3) is 6.42. The Balaban J connectivity index is 0.000000287. The van der Waals surface area contributed by atoms with Crippen molar-refractivity contribution in [1.29, 1.82) is 0 Å². The summed E-state index contributed by atoms with van der Waals surface area (Å²) in [5.41, 5.74) is 3.80. The predicted octanol–water partition coefficient (Wildman–Crippen LogP) is 3.77. The number of hydrogen-bond donors (Lipinski definition) is 5. The summed E-state index contributed by atoms with van der Waals surface area (Å²) in [7, 11) is 0. The second-order valence-electron chi connectivity index (χ2n) is 6.99. The van der Waals surface area contributed by atoms with Gasteiger partial charge >= 0.3 is 5.97 Å². The molecular weight excluding hydrogens is 450 g/mol. The van der Waals surface area contributed by atoms with E-state index in [2.05, 4.69) is 15.5 Å². The first-order valence-corrected chi connectivity index (χ1v) is 10.2. The highest BCUT2D eigenvalue weighted by molar-refractivity contribution is 6.16. The average molecular weight is 471 g/mol. The van der Waals surface area contributed by atoms with Crippen LogP contribution >= 0.6 is 0 Å². The molecule has 5 N–H and O–H groups in total. The van der Waals surface area contributed by atoms with Gasteiger partial charge in [-0.3, -0.25) is 9.78 Å². The van der Waals surface area contributed by atoms with Gasteiger partial charge in [0.05, 0.1) is 0 Å². The fourth-order valence-corrected chi connectivity index (χ4v) is 2.94. The molecule has 0 aliphatic carbocycles. The maximum Gasteiger partial charge on any atom is 0.339 e. The molecule has 35 heavy (non-hydrogen) atoms. The lowest BCUT2D eigenvalue weighted by molar-refractivity contribution is 0.0693. The zero-order valence-electron chi connectivity index (χ0n) is 18.2. The number of amides is 1. The van der Waals surface area contributed by atoms with E-state index in [1.54, 1.807) is 60.7 Å². The van der Waals surface area contributed by atoms with Crippen molar-refractivity contribution in [1.82, 2.24) is 10.4 Å². The summed E-state index contributed by atoms with van der Waals surface area (Å²) in [5, 5.41) is 41.7. The minimum absolute atomic E-state index is 0.0114. The lowest BCUT2D eigenvalue weighted by Gasteiger charge is -2.11. The van der Waals surface area contributed by atoms with Crippen molar-refractivity contribution in [3.05, 3.63) is 120 Å². The maximum atomic E-state index is 12.2. The van der Waals surface area contributed by atoms with Gasteiger partial charge in [-0.1, -0.05) is 36.4 Å². The van der Waals surface area contributed by atoms with E-state index in [-0.39, 0.29) is 28.5 Å². The van der Waals surface area contributed by atoms with Gasteiger partial charge in [-0.25, -0.2) is 10.2 Å². The topological polar surface area (TPSA) is 152 Å². The highest BCUT2D eigenvalue weighted by Gasteiger charge is 2.15. The summed E-state index contributed by atoms with van der Waals surface area (Å²) in [6.45, 7) is 0. The standard InChI is InChI=1S/C19H15N3O3.C7H6O3/c23-16-7-3-1-5-14(16)18(15-6-2-4-8-17(15)24)21-22-19(25)13-9-11-20-12-10-13;8-6-4-2-1-3-5(6)7(9)10/h1-12,23-24H,(H,22,25);1-4,8H,(H,9,10). The highest BCUT2D eigenvalue weighted by atomic mass is 16.4. The summed E-state index contributed by atoms with van der Waals surface area (Å²) in [4.78, 5) is 26.3. The molecule has 0 saturated carbocycles. The second kappa shape index (κ2) is 11.6. The summed E-state index contributed by atoms with van der Waals surface area (Å²) in [6.07, 6.45) is 3.01. The number of hydrogen-bond acceptors (Lipinski definition) is 7. The Labute approximate surface area is 200 Å². The largest absolute Gasteiger partial charge is 0.507 e. The van der Waals surface area contributed by atoms with Gasteiger partial charge in [0.15, 0.2) is 0 Å². The summed E-state index contributed by atoms with van der Waals surface area (Å²) < 4.78 is 0. The number of phenolic OH excluding ortho intramolecular Hbond substituents is 2. The van der Waals surface area contributed by atoms with Gasteiger partial charge in [-0.05, 0) is 48.5 Å². The molecule has 0 spiro atoms. The first-order chi connectivity index (χ1) is 16.9. The Kier molecular flexibility index (Phi) is 8.12. The lowest BCUT2D eigenvalue weighted by Crippen LogP contribution is -2.20. The van der Waals surface area contributed by atoms with E-state index in [4.69, 9.17) is 10.2 Å². The highest BCUT2D eigenvalue weighted by Crippen LogP contribution is 2.25. The molecule has 0 aliphatic rings. The summed E-state index contributed by atoms with van der Waals surface area (Å²) >= 11 is 0. The van der Waals surface area contributed by atoms with Crippen LogP contribution in [0.25, 0.3) is 0 Å². The molecule has 1 heterocycles.